The molecule has 3 aromatic carbocycles. The zero-order chi connectivity index (χ0) is 57.3. The number of aliphatic hydroxyl groups is 3. The largest absolute Gasteiger partial charge is 0.421 e. The standard InChI is InChI=1S/C16H23F3N2O.C16H24F3NO3.C9H10F3NO.C7H15NO.C5H12O3/c1-15(16(17,18)19,13-5-7-14(20)8-6-13)22-12-11-21-9-3-2-4-10-21;1-15(16(17,18)19,13-5-7-14(20)8-6-13)23-10-4-3-9-22-12-11-21-2;1-8(14,9(10,11)12)6-2-4-7(13)5-3-6;9-7-6-8-4-2-1-3-5-8;1-7-4-5-8-3-2-6/h5-8H,2-4,9-12,20H2,1H3;5-8H,3-4,9-12,20H2,1-2H3;2-5,14H,13H2,1H3;9H,1-7H2;6H,2-5H2,1H3. The van der Waals surface area contributed by atoms with Crippen molar-refractivity contribution in [2.24, 2.45) is 0 Å². The number of nitrogens with two attached hydrogens (primary N) is 3. The number of hydrogen-bond acceptors (Lipinski definition) is 14. The van der Waals surface area contributed by atoms with Gasteiger partial charge in [0.15, 0.2) is 16.8 Å². The maximum Gasteiger partial charge on any atom is 0.421 e. The summed E-state index contributed by atoms with van der Waals surface area (Å²) >= 11 is 0. The molecule has 0 spiro atoms. The van der Waals surface area contributed by atoms with Crippen LogP contribution in [0.5, 0.6) is 0 Å². The number of piperidine rings is 2. The third-order valence-electron chi connectivity index (χ3n) is 12.3. The molecule has 2 aliphatic rings. The number of hydrogen-bond donors (Lipinski definition) is 6. The van der Waals surface area contributed by atoms with Crippen LogP contribution in [-0.2, 0) is 45.2 Å². The third kappa shape index (κ3) is 26.1. The molecule has 2 heterocycles. The first-order chi connectivity index (χ1) is 35.7. The highest BCUT2D eigenvalue weighted by molar-refractivity contribution is 5.43. The first-order valence-electron chi connectivity index (χ1n) is 25.3. The summed E-state index contributed by atoms with van der Waals surface area (Å²) < 4.78 is 148. The molecule has 3 unspecified atom stereocenters. The Hall–Kier alpha value is -4.01. The number of likely N-dealkylation sites (tertiary alicyclic amines) is 2. The lowest BCUT2D eigenvalue weighted by Gasteiger charge is -2.34. The molecule has 3 atom stereocenters. The fraction of sp³-hybridized carbons (Fsp3) is 0.660. The molecule has 9 N–H and O–H groups in total. The van der Waals surface area contributed by atoms with E-state index >= 15 is 0 Å². The monoisotopic (exact) mass is 1110 g/mol. The number of nitrogen functional groups attached to an aromatic ring is 3. The molecule has 0 saturated carbocycles. The minimum Gasteiger partial charge on any atom is -0.399 e. The third-order valence-corrected chi connectivity index (χ3v) is 12.3. The highest BCUT2D eigenvalue weighted by Crippen LogP contribution is 2.44. The smallest absolute Gasteiger partial charge is 0.399 e. The molecule has 14 nitrogen and oxygen atoms in total. The number of methoxy groups -OCH3 is 2. The van der Waals surface area contributed by atoms with Gasteiger partial charge in [-0.1, -0.05) is 49.2 Å². The molecule has 0 aromatic heterocycles. The number of aliphatic hydroxyl groups excluding tert-OH is 2. The van der Waals surface area contributed by atoms with Crippen molar-refractivity contribution in [1.29, 1.82) is 0 Å². The van der Waals surface area contributed by atoms with Crippen molar-refractivity contribution in [2.75, 3.05) is 137 Å². The molecule has 76 heavy (non-hydrogen) atoms. The Morgan fingerprint density at radius 1 is 0.434 bits per heavy atom. The van der Waals surface area contributed by atoms with E-state index in [0.717, 1.165) is 58.5 Å². The minimum atomic E-state index is -4.69. The summed E-state index contributed by atoms with van der Waals surface area (Å²) in [4.78, 5) is 4.48. The lowest BCUT2D eigenvalue weighted by Crippen LogP contribution is -2.44. The van der Waals surface area contributed by atoms with Crippen molar-refractivity contribution >= 4 is 17.1 Å². The minimum absolute atomic E-state index is 0.00593. The topological polar surface area (TPSA) is 201 Å². The molecule has 23 heteroatoms. The maximum absolute atomic E-state index is 13.5. The molecule has 438 valence electrons. The Morgan fingerprint density at radius 3 is 1.14 bits per heavy atom. The van der Waals surface area contributed by atoms with E-state index in [2.05, 4.69) is 14.5 Å². The predicted octanol–water partition coefficient (Wildman–Crippen LogP) is 9.20. The maximum atomic E-state index is 13.5. The lowest BCUT2D eigenvalue weighted by molar-refractivity contribution is -0.278. The summed E-state index contributed by atoms with van der Waals surface area (Å²) in [7, 11) is 3.19. The molecule has 0 bridgehead atoms. The van der Waals surface area contributed by atoms with Gasteiger partial charge in [-0.05, 0) is 139 Å². The van der Waals surface area contributed by atoms with Crippen molar-refractivity contribution in [3.63, 3.8) is 0 Å². The summed E-state index contributed by atoms with van der Waals surface area (Å²) in [5.74, 6) is 0. The number of benzene rings is 3. The van der Waals surface area contributed by atoms with Crippen molar-refractivity contribution in [2.45, 2.75) is 107 Å². The van der Waals surface area contributed by atoms with Crippen LogP contribution in [0.25, 0.3) is 0 Å². The van der Waals surface area contributed by atoms with E-state index in [1.54, 1.807) is 14.2 Å². The molecule has 2 fully saturated rings. The second kappa shape index (κ2) is 36.2. The van der Waals surface area contributed by atoms with Crippen molar-refractivity contribution in [3.05, 3.63) is 89.5 Å². The summed E-state index contributed by atoms with van der Waals surface area (Å²) in [6.45, 7) is 12.0. The van der Waals surface area contributed by atoms with Gasteiger partial charge < -0.3 is 70.7 Å². The van der Waals surface area contributed by atoms with Gasteiger partial charge in [-0.2, -0.15) is 39.5 Å². The van der Waals surface area contributed by atoms with Gasteiger partial charge in [-0.15, -0.1) is 0 Å². The Labute approximate surface area is 442 Å². The van der Waals surface area contributed by atoms with Crippen LogP contribution >= 0.6 is 0 Å². The summed E-state index contributed by atoms with van der Waals surface area (Å²) in [6, 6.07) is 16.2. The van der Waals surface area contributed by atoms with Crippen LogP contribution in [-0.4, -0.2) is 163 Å². The number of β-amino-alcohol motifs (C(OH)–C–C–N with tert-alkyl or cyclic N) is 1. The quantitative estimate of drug-likeness (QED) is 0.0298. The number of anilines is 3. The Balaban J connectivity index is 0.000000503. The van der Waals surface area contributed by atoms with Crippen LogP contribution < -0.4 is 17.2 Å². The van der Waals surface area contributed by atoms with Crippen LogP contribution in [0.3, 0.4) is 0 Å². The highest BCUT2D eigenvalue weighted by Gasteiger charge is 2.55. The molecule has 0 aliphatic carbocycles. The Kier molecular flexibility index (Phi) is 33.4. The lowest BCUT2D eigenvalue weighted by atomic mass is 9.94. The first-order valence-corrected chi connectivity index (χ1v) is 25.3. The van der Waals surface area contributed by atoms with E-state index in [4.69, 9.17) is 51.1 Å². The van der Waals surface area contributed by atoms with E-state index < -0.39 is 35.3 Å². The van der Waals surface area contributed by atoms with Crippen LogP contribution in [0, 0.1) is 0 Å². The molecular formula is C53H84F9N5O9. The van der Waals surface area contributed by atoms with Gasteiger partial charge in [0.05, 0.1) is 52.9 Å². The second-order valence-corrected chi connectivity index (χ2v) is 18.4. The number of unbranched alkanes of at least 4 members (excludes halogenated alkanes) is 1. The van der Waals surface area contributed by atoms with Gasteiger partial charge >= 0.3 is 18.5 Å². The SMILES string of the molecule is CC(O)(c1ccc(N)cc1)C(F)(F)F.CC(OCCN1CCCCC1)(c1ccc(N)cc1)C(F)(F)F.COCCOCCCCOC(C)(c1ccc(N)cc1)C(F)(F)F.COCCOCCO.OCCN1CCCCC1. The summed E-state index contributed by atoms with van der Waals surface area (Å²) in [5.41, 5.74) is 9.98. The van der Waals surface area contributed by atoms with E-state index in [1.165, 1.54) is 99.4 Å². The van der Waals surface area contributed by atoms with Crippen molar-refractivity contribution in [3.8, 4) is 0 Å². The van der Waals surface area contributed by atoms with E-state index in [-0.39, 0.29) is 36.5 Å². The average molecular weight is 1110 g/mol. The van der Waals surface area contributed by atoms with Crippen LogP contribution in [0.2, 0.25) is 0 Å². The number of alkyl halides is 9. The first kappa shape index (κ1) is 70.0. The van der Waals surface area contributed by atoms with Gasteiger partial charge in [0, 0.05) is 57.6 Å². The number of ether oxygens (including phenoxy) is 6. The van der Waals surface area contributed by atoms with Crippen molar-refractivity contribution < 1.29 is 83.3 Å². The fourth-order valence-electron chi connectivity index (χ4n) is 7.25. The zero-order valence-electron chi connectivity index (χ0n) is 44.7. The molecule has 0 amide bonds. The summed E-state index contributed by atoms with van der Waals surface area (Å²) in [5, 5.41) is 26.0. The fourth-order valence-corrected chi connectivity index (χ4v) is 7.25. The van der Waals surface area contributed by atoms with Gasteiger partial charge in [-0.25, -0.2) is 0 Å². The second-order valence-electron chi connectivity index (χ2n) is 18.4. The van der Waals surface area contributed by atoms with Gasteiger partial charge in [0.25, 0.3) is 0 Å². The molecular weight excluding hydrogens is 1020 g/mol. The number of halogens is 9. The van der Waals surface area contributed by atoms with E-state index in [0.29, 0.717) is 89.6 Å². The number of nitrogens with zero attached hydrogens (tertiary/aromatic N) is 2. The average Bonchev–Trinajstić information content (AvgIpc) is 3.37. The van der Waals surface area contributed by atoms with Gasteiger partial charge in [-0.3, -0.25) is 0 Å². The highest BCUT2D eigenvalue weighted by atomic mass is 19.4. The van der Waals surface area contributed by atoms with Crippen LogP contribution in [0.15, 0.2) is 72.8 Å². The van der Waals surface area contributed by atoms with Gasteiger partial charge in [0.1, 0.15) is 0 Å². The van der Waals surface area contributed by atoms with E-state index in [9.17, 15) is 44.6 Å². The normalized spacial score (nSPS) is 16.9. The molecule has 5 rings (SSSR count). The van der Waals surface area contributed by atoms with Crippen LogP contribution in [0.1, 0.15) is 88.8 Å². The van der Waals surface area contributed by atoms with E-state index in [1.807, 2.05) is 0 Å². The zero-order valence-corrected chi connectivity index (χ0v) is 44.7. The van der Waals surface area contributed by atoms with Crippen LogP contribution in [0.4, 0.5) is 56.6 Å². The number of rotatable bonds is 23. The Morgan fingerprint density at radius 2 is 0.789 bits per heavy atom. The molecule has 2 saturated heterocycles. The molecule has 3 aromatic rings. The predicted molar refractivity (Wildman–Crippen MR) is 276 cm³/mol. The molecule has 0 radical (unpaired) electrons. The Bertz CT molecular complexity index is 1900. The van der Waals surface area contributed by atoms with Crippen molar-refractivity contribution in [1.82, 2.24) is 9.80 Å². The summed E-state index contributed by atoms with van der Waals surface area (Å²) in [6.07, 6.45) is -5.16. The van der Waals surface area contributed by atoms with Gasteiger partial charge in [0.2, 0.25) is 0 Å². The molecule has 2 aliphatic heterocycles.